The van der Waals surface area contributed by atoms with E-state index in [0.717, 1.165) is 5.56 Å². The van der Waals surface area contributed by atoms with E-state index in [4.69, 9.17) is 11.6 Å². The zero-order chi connectivity index (χ0) is 14.8. The maximum Gasteiger partial charge on any atom is 0.451 e. The molecule has 2 rings (SSSR count). The third-order valence-electron chi connectivity index (χ3n) is 2.49. The Labute approximate surface area is 118 Å². The second-order valence-corrected chi connectivity index (χ2v) is 4.63. The van der Waals surface area contributed by atoms with Crippen LogP contribution in [0.4, 0.5) is 19.0 Å². The molecule has 20 heavy (non-hydrogen) atoms. The Kier molecular flexibility index (Phi) is 4.13. The van der Waals surface area contributed by atoms with E-state index in [1.54, 1.807) is 24.3 Å². The summed E-state index contributed by atoms with van der Waals surface area (Å²) in [5.74, 6) is -1.00. The number of hydrogen-bond acceptors (Lipinski definition) is 3. The molecule has 0 aliphatic heterocycles. The molecule has 0 atom stereocenters. The molecule has 0 fully saturated rings. The molecule has 0 saturated carbocycles. The number of hydrogen-bond donors (Lipinski definition) is 1. The van der Waals surface area contributed by atoms with Gasteiger partial charge in [-0.05, 0) is 24.6 Å². The van der Waals surface area contributed by atoms with Crippen molar-refractivity contribution in [3.05, 3.63) is 52.4 Å². The van der Waals surface area contributed by atoms with Crippen LogP contribution >= 0.6 is 11.6 Å². The van der Waals surface area contributed by atoms with Crippen LogP contribution in [0.2, 0.25) is 5.02 Å². The standard InChI is InChI=1S/C13H11ClF3N3/c1-8-6-11(20-12(19-8)13(15,16)17)18-7-9-2-4-10(14)5-3-9/h2-6H,7H2,1H3,(H,18,19,20). The Bertz CT molecular complexity index is 597. The summed E-state index contributed by atoms with van der Waals surface area (Å²) < 4.78 is 37.8. The van der Waals surface area contributed by atoms with Gasteiger partial charge in [0.15, 0.2) is 0 Å². The molecule has 3 nitrogen and oxygen atoms in total. The third kappa shape index (κ3) is 3.84. The first-order valence-electron chi connectivity index (χ1n) is 5.76. The lowest BCUT2D eigenvalue weighted by Gasteiger charge is -2.10. The summed E-state index contributed by atoms with van der Waals surface area (Å²) in [4.78, 5) is 6.84. The molecular weight excluding hydrogens is 291 g/mol. The van der Waals surface area contributed by atoms with E-state index in [1.165, 1.54) is 13.0 Å². The summed E-state index contributed by atoms with van der Waals surface area (Å²) in [5.41, 5.74) is 1.14. The highest BCUT2D eigenvalue weighted by Gasteiger charge is 2.35. The third-order valence-corrected chi connectivity index (χ3v) is 2.75. The van der Waals surface area contributed by atoms with Crippen LogP contribution in [0.1, 0.15) is 17.1 Å². The first kappa shape index (κ1) is 14.6. The molecular formula is C13H11ClF3N3. The minimum absolute atomic E-state index is 0.139. The van der Waals surface area contributed by atoms with Crippen molar-refractivity contribution in [2.75, 3.05) is 5.32 Å². The van der Waals surface area contributed by atoms with Gasteiger partial charge in [0.1, 0.15) is 5.82 Å². The minimum atomic E-state index is -4.55. The lowest BCUT2D eigenvalue weighted by Crippen LogP contribution is -2.14. The smallest absolute Gasteiger partial charge is 0.366 e. The van der Waals surface area contributed by atoms with Crippen molar-refractivity contribution in [2.45, 2.75) is 19.6 Å². The number of anilines is 1. The highest BCUT2D eigenvalue weighted by Crippen LogP contribution is 2.27. The quantitative estimate of drug-likeness (QED) is 0.928. The first-order chi connectivity index (χ1) is 9.34. The van der Waals surface area contributed by atoms with Crippen LogP contribution in [0.25, 0.3) is 0 Å². The number of aromatic nitrogens is 2. The second-order valence-electron chi connectivity index (χ2n) is 4.20. The monoisotopic (exact) mass is 301 g/mol. The number of alkyl halides is 3. The summed E-state index contributed by atoms with van der Waals surface area (Å²) in [6.45, 7) is 1.84. The molecule has 0 aliphatic rings. The van der Waals surface area contributed by atoms with Crippen LogP contribution in [-0.2, 0) is 12.7 Å². The number of halogens is 4. The van der Waals surface area contributed by atoms with E-state index in [1.807, 2.05) is 0 Å². The summed E-state index contributed by atoms with van der Waals surface area (Å²) in [6, 6.07) is 8.46. The maximum atomic E-state index is 12.6. The van der Waals surface area contributed by atoms with Crippen LogP contribution in [0, 0.1) is 6.92 Å². The topological polar surface area (TPSA) is 37.8 Å². The molecule has 1 N–H and O–H groups in total. The van der Waals surface area contributed by atoms with Crippen molar-refractivity contribution in [3.8, 4) is 0 Å². The van der Waals surface area contributed by atoms with Gasteiger partial charge >= 0.3 is 6.18 Å². The van der Waals surface area contributed by atoms with Crippen LogP contribution < -0.4 is 5.32 Å². The average molecular weight is 302 g/mol. The fraction of sp³-hybridized carbons (Fsp3) is 0.231. The van der Waals surface area contributed by atoms with Crippen molar-refractivity contribution in [2.24, 2.45) is 0 Å². The van der Waals surface area contributed by atoms with Gasteiger partial charge in [-0.1, -0.05) is 23.7 Å². The number of nitrogens with one attached hydrogen (secondary N) is 1. The summed E-state index contributed by atoms with van der Waals surface area (Å²) >= 11 is 5.75. The summed E-state index contributed by atoms with van der Waals surface area (Å²) in [7, 11) is 0. The van der Waals surface area contributed by atoms with Crippen LogP contribution in [0.5, 0.6) is 0 Å². The molecule has 0 aliphatic carbocycles. The predicted molar refractivity (Wildman–Crippen MR) is 70.5 cm³/mol. The average Bonchev–Trinajstić information content (AvgIpc) is 2.36. The molecule has 1 heterocycles. The molecule has 0 bridgehead atoms. The Morgan fingerprint density at radius 2 is 1.80 bits per heavy atom. The Balaban J connectivity index is 2.13. The zero-order valence-corrected chi connectivity index (χ0v) is 11.3. The Morgan fingerprint density at radius 1 is 1.15 bits per heavy atom. The van der Waals surface area contributed by atoms with Crippen molar-refractivity contribution >= 4 is 17.4 Å². The number of rotatable bonds is 3. The Hall–Kier alpha value is -1.82. The van der Waals surface area contributed by atoms with E-state index in [0.29, 0.717) is 11.6 Å². The molecule has 0 radical (unpaired) electrons. The van der Waals surface area contributed by atoms with Crippen molar-refractivity contribution in [1.82, 2.24) is 9.97 Å². The largest absolute Gasteiger partial charge is 0.451 e. The SMILES string of the molecule is Cc1cc(NCc2ccc(Cl)cc2)nc(C(F)(F)F)n1. The van der Waals surface area contributed by atoms with Crippen LogP contribution in [0.15, 0.2) is 30.3 Å². The summed E-state index contributed by atoms with van der Waals surface area (Å²) in [6.07, 6.45) is -4.55. The van der Waals surface area contributed by atoms with Gasteiger partial charge in [-0.15, -0.1) is 0 Å². The molecule has 106 valence electrons. The van der Waals surface area contributed by atoms with Gasteiger partial charge in [-0.3, -0.25) is 0 Å². The highest BCUT2D eigenvalue weighted by atomic mass is 35.5. The van der Waals surface area contributed by atoms with Crippen LogP contribution in [-0.4, -0.2) is 9.97 Å². The van der Waals surface area contributed by atoms with Gasteiger partial charge in [0.05, 0.1) is 0 Å². The van der Waals surface area contributed by atoms with E-state index >= 15 is 0 Å². The molecule has 1 aromatic carbocycles. The second kappa shape index (κ2) is 5.66. The first-order valence-corrected chi connectivity index (χ1v) is 6.13. The van der Waals surface area contributed by atoms with Gasteiger partial charge < -0.3 is 5.32 Å². The zero-order valence-electron chi connectivity index (χ0n) is 10.5. The van der Waals surface area contributed by atoms with E-state index in [2.05, 4.69) is 15.3 Å². The fourth-order valence-electron chi connectivity index (χ4n) is 1.58. The van der Waals surface area contributed by atoms with Crippen molar-refractivity contribution in [3.63, 3.8) is 0 Å². The minimum Gasteiger partial charge on any atom is -0.366 e. The molecule has 0 amide bonds. The lowest BCUT2D eigenvalue weighted by molar-refractivity contribution is -0.145. The van der Waals surface area contributed by atoms with Gasteiger partial charge in [-0.2, -0.15) is 13.2 Å². The summed E-state index contributed by atoms with van der Waals surface area (Å²) in [5, 5.41) is 3.44. The Morgan fingerprint density at radius 3 is 2.40 bits per heavy atom. The fourth-order valence-corrected chi connectivity index (χ4v) is 1.71. The van der Waals surface area contributed by atoms with E-state index in [9.17, 15) is 13.2 Å². The van der Waals surface area contributed by atoms with E-state index < -0.39 is 12.0 Å². The van der Waals surface area contributed by atoms with Gasteiger partial charge in [0.2, 0.25) is 5.82 Å². The highest BCUT2D eigenvalue weighted by molar-refractivity contribution is 6.30. The molecule has 2 aromatic rings. The van der Waals surface area contributed by atoms with Gasteiger partial charge in [-0.25, -0.2) is 9.97 Å². The van der Waals surface area contributed by atoms with E-state index in [-0.39, 0.29) is 11.5 Å². The normalized spacial score (nSPS) is 11.4. The molecule has 1 aromatic heterocycles. The number of aryl methyl sites for hydroxylation is 1. The molecule has 0 spiro atoms. The van der Waals surface area contributed by atoms with Gasteiger partial charge in [0.25, 0.3) is 0 Å². The molecule has 0 unspecified atom stereocenters. The molecule has 0 saturated heterocycles. The maximum absolute atomic E-state index is 12.6. The number of nitrogens with zero attached hydrogens (tertiary/aromatic N) is 2. The lowest BCUT2D eigenvalue weighted by atomic mass is 10.2. The van der Waals surface area contributed by atoms with Crippen molar-refractivity contribution < 1.29 is 13.2 Å². The van der Waals surface area contributed by atoms with Gasteiger partial charge in [0, 0.05) is 23.3 Å². The number of benzene rings is 1. The van der Waals surface area contributed by atoms with Crippen LogP contribution in [0.3, 0.4) is 0 Å². The molecule has 7 heteroatoms. The predicted octanol–water partition coefficient (Wildman–Crippen LogP) is 4.07. The van der Waals surface area contributed by atoms with Crippen molar-refractivity contribution in [1.29, 1.82) is 0 Å².